The van der Waals surface area contributed by atoms with E-state index in [4.69, 9.17) is 28.2 Å². The summed E-state index contributed by atoms with van der Waals surface area (Å²) in [6, 6.07) is 14.0. The molecule has 2 aromatic rings. The average Bonchev–Trinajstić information content (AvgIpc) is 3.36. The molecular formula is C19H18Cl2N2. The maximum absolute atomic E-state index is 6.42. The summed E-state index contributed by atoms with van der Waals surface area (Å²) in [6.45, 7) is 2.83. The van der Waals surface area contributed by atoms with Crippen molar-refractivity contribution in [2.24, 2.45) is 10.9 Å². The topological polar surface area (TPSA) is 15.6 Å². The summed E-state index contributed by atoms with van der Waals surface area (Å²) in [4.78, 5) is 7.30. The molecule has 1 heterocycles. The van der Waals surface area contributed by atoms with Gasteiger partial charge in [0.1, 0.15) is 0 Å². The van der Waals surface area contributed by atoms with Crippen molar-refractivity contribution in [3.05, 3.63) is 63.6 Å². The number of nitrogens with zero attached hydrogens (tertiary/aromatic N) is 2. The van der Waals surface area contributed by atoms with Crippen LogP contribution < -0.4 is 4.90 Å². The highest BCUT2D eigenvalue weighted by Crippen LogP contribution is 2.35. The monoisotopic (exact) mass is 344 g/mol. The summed E-state index contributed by atoms with van der Waals surface area (Å²) in [5.41, 5.74) is 4.23. The van der Waals surface area contributed by atoms with Crippen molar-refractivity contribution in [3.63, 3.8) is 0 Å². The Bertz CT molecular complexity index is 766. The third-order valence-corrected chi connectivity index (χ3v) is 5.06. The fraction of sp³-hybridized carbons (Fsp3) is 0.316. The highest BCUT2D eigenvalue weighted by atomic mass is 35.5. The van der Waals surface area contributed by atoms with Crippen LogP contribution in [0.3, 0.4) is 0 Å². The SMILES string of the molecule is Clc1ccc2c(c1)C(c1ccccc1Cl)=NCCN2CC1CC1. The number of rotatable bonds is 3. The van der Waals surface area contributed by atoms with Crippen LogP contribution in [0.2, 0.25) is 10.0 Å². The Balaban J connectivity index is 1.82. The van der Waals surface area contributed by atoms with Crippen LogP contribution in [0.15, 0.2) is 47.5 Å². The van der Waals surface area contributed by atoms with Crippen molar-refractivity contribution in [2.75, 3.05) is 24.5 Å². The summed E-state index contributed by atoms with van der Waals surface area (Å²) < 4.78 is 0. The molecule has 4 rings (SSSR count). The first kappa shape index (κ1) is 15.0. The van der Waals surface area contributed by atoms with Gasteiger partial charge in [-0.25, -0.2) is 0 Å². The third kappa shape index (κ3) is 3.11. The van der Waals surface area contributed by atoms with Crippen molar-refractivity contribution in [1.82, 2.24) is 0 Å². The lowest BCUT2D eigenvalue weighted by Crippen LogP contribution is -2.28. The van der Waals surface area contributed by atoms with Gasteiger partial charge in [-0.3, -0.25) is 4.99 Å². The van der Waals surface area contributed by atoms with E-state index in [1.54, 1.807) is 0 Å². The second kappa shape index (κ2) is 6.18. The first-order valence-electron chi connectivity index (χ1n) is 8.06. The second-order valence-electron chi connectivity index (χ2n) is 6.26. The molecule has 4 heteroatoms. The van der Waals surface area contributed by atoms with Crippen LogP contribution in [0, 0.1) is 5.92 Å². The van der Waals surface area contributed by atoms with Crippen molar-refractivity contribution >= 4 is 34.6 Å². The summed E-state index contributed by atoms with van der Waals surface area (Å²) in [5.74, 6) is 0.834. The number of benzodiazepines with no additional fused rings is 1. The molecule has 0 aromatic heterocycles. The Hall–Kier alpha value is -1.51. The molecule has 0 amide bonds. The normalized spacial score (nSPS) is 17.5. The number of anilines is 1. The predicted molar refractivity (Wildman–Crippen MR) is 98.3 cm³/mol. The number of benzene rings is 2. The van der Waals surface area contributed by atoms with Crippen molar-refractivity contribution < 1.29 is 0 Å². The molecule has 1 aliphatic carbocycles. The van der Waals surface area contributed by atoms with Gasteiger partial charge in [0, 0.05) is 39.9 Å². The van der Waals surface area contributed by atoms with E-state index in [0.717, 1.165) is 52.4 Å². The fourth-order valence-electron chi connectivity index (χ4n) is 3.15. The molecular weight excluding hydrogens is 327 g/mol. The molecule has 2 aromatic carbocycles. The van der Waals surface area contributed by atoms with Gasteiger partial charge in [0.25, 0.3) is 0 Å². The van der Waals surface area contributed by atoms with Crippen LogP contribution >= 0.6 is 23.2 Å². The van der Waals surface area contributed by atoms with Gasteiger partial charge in [0.15, 0.2) is 0 Å². The molecule has 0 radical (unpaired) electrons. The maximum atomic E-state index is 6.42. The van der Waals surface area contributed by atoms with Crippen molar-refractivity contribution in [2.45, 2.75) is 12.8 Å². The van der Waals surface area contributed by atoms with Crippen LogP contribution in [0.25, 0.3) is 0 Å². The standard InChI is InChI=1S/C19H18Cl2N2/c20-14-7-8-18-16(11-14)19(15-3-1-2-4-17(15)21)22-9-10-23(18)12-13-5-6-13/h1-4,7-8,11,13H,5-6,9-10,12H2. The largest absolute Gasteiger partial charge is 0.369 e. The number of halogens is 2. The Morgan fingerprint density at radius 1 is 1.04 bits per heavy atom. The minimum absolute atomic E-state index is 0.729. The fourth-order valence-corrected chi connectivity index (χ4v) is 3.54. The van der Waals surface area contributed by atoms with E-state index in [1.807, 2.05) is 36.4 Å². The predicted octanol–water partition coefficient (Wildman–Crippen LogP) is 5.06. The quantitative estimate of drug-likeness (QED) is 0.759. The Labute approximate surface area is 146 Å². The molecule has 118 valence electrons. The molecule has 0 atom stereocenters. The summed E-state index contributed by atoms with van der Waals surface area (Å²) in [6.07, 6.45) is 2.69. The smallest absolute Gasteiger partial charge is 0.0756 e. The molecule has 23 heavy (non-hydrogen) atoms. The second-order valence-corrected chi connectivity index (χ2v) is 7.10. The van der Waals surface area contributed by atoms with Gasteiger partial charge in [-0.2, -0.15) is 0 Å². The van der Waals surface area contributed by atoms with Gasteiger partial charge in [0.2, 0.25) is 0 Å². The molecule has 0 bridgehead atoms. The van der Waals surface area contributed by atoms with E-state index in [0.29, 0.717) is 0 Å². The number of aliphatic imine (C=N–C) groups is 1. The lowest BCUT2D eigenvalue weighted by Gasteiger charge is -2.25. The number of hydrogen-bond donors (Lipinski definition) is 0. The minimum atomic E-state index is 0.729. The third-order valence-electron chi connectivity index (χ3n) is 4.50. The van der Waals surface area contributed by atoms with E-state index < -0.39 is 0 Å². The lowest BCUT2D eigenvalue weighted by atomic mass is 10.00. The molecule has 2 nitrogen and oxygen atoms in total. The van der Waals surface area contributed by atoms with Crippen LogP contribution in [0.5, 0.6) is 0 Å². The summed E-state index contributed by atoms with van der Waals surface area (Å²) >= 11 is 12.7. The van der Waals surface area contributed by atoms with E-state index in [-0.39, 0.29) is 0 Å². The van der Waals surface area contributed by atoms with Gasteiger partial charge in [-0.15, -0.1) is 0 Å². The van der Waals surface area contributed by atoms with Gasteiger partial charge in [-0.1, -0.05) is 41.4 Å². The molecule has 1 saturated carbocycles. The molecule has 0 unspecified atom stereocenters. The highest BCUT2D eigenvalue weighted by molar-refractivity contribution is 6.36. The van der Waals surface area contributed by atoms with Crippen LogP contribution in [0.4, 0.5) is 5.69 Å². The van der Waals surface area contributed by atoms with Crippen molar-refractivity contribution in [3.8, 4) is 0 Å². The van der Waals surface area contributed by atoms with Gasteiger partial charge in [0.05, 0.1) is 12.3 Å². The average molecular weight is 345 g/mol. The Morgan fingerprint density at radius 3 is 2.65 bits per heavy atom. The Kier molecular flexibility index (Phi) is 4.04. The van der Waals surface area contributed by atoms with Crippen LogP contribution in [-0.2, 0) is 0 Å². The zero-order valence-corrected chi connectivity index (χ0v) is 14.3. The van der Waals surface area contributed by atoms with Crippen LogP contribution in [0.1, 0.15) is 24.0 Å². The lowest BCUT2D eigenvalue weighted by molar-refractivity contribution is 0.725. The first-order chi connectivity index (χ1) is 11.2. The minimum Gasteiger partial charge on any atom is -0.369 e. The maximum Gasteiger partial charge on any atom is 0.0756 e. The zero-order valence-electron chi connectivity index (χ0n) is 12.8. The van der Waals surface area contributed by atoms with E-state index in [2.05, 4.69) is 11.0 Å². The zero-order chi connectivity index (χ0) is 15.8. The number of hydrogen-bond acceptors (Lipinski definition) is 2. The molecule has 0 N–H and O–H groups in total. The van der Waals surface area contributed by atoms with Gasteiger partial charge < -0.3 is 4.90 Å². The van der Waals surface area contributed by atoms with E-state index >= 15 is 0 Å². The summed E-state index contributed by atoms with van der Waals surface area (Å²) in [5, 5.41) is 1.46. The summed E-state index contributed by atoms with van der Waals surface area (Å²) in [7, 11) is 0. The van der Waals surface area contributed by atoms with Crippen molar-refractivity contribution in [1.29, 1.82) is 0 Å². The van der Waals surface area contributed by atoms with E-state index in [1.165, 1.54) is 18.5 Å². The van der Waals surface area contributed by atoms with Gasteiger partial charge in [-0.05, 0) is 43.0 Å². The van der Waals surface area contributed by atoms with Crippen LogP contribution in [-0.4, -0.2) is 25.3 Å². The Morgan fingerprint density at radius 2 is 1.87 bits per heavy atom. The first-order valence-corrected chi connectivity index (χ1v) is 8.82. The molecule has 1 fully saturated rings. The van der Waals surface area contributed by atoms with Gasteiger partial charge >= 0.3 is 0 Å². The molecule has 2 aliphatic rings. The number of fused-ring (bicyclic) bond motifs is 1. The molecule has 0 saturated heterocycles. The van der Waals surface area contributed by atoms with E-state index in [9.17, 15) is 0 Å². The highest BCUT2D eigenvalue weighted by Gasteiger charge is 2.27. The molecule has 0 spiro atoms. The molecule has 1 aliphatic heterocycles.